The number of aliphatic imine (C=N–C) groups is 1. The predicted octanol–water partition coefficient (Wildman–Crippen LogP) is 7.78. The van der Waals surface area contributed by atoms with Crippen LogP contribution < -0.4 is 5.56 Å². The van der Waals surface area contributed by atoms with Crippen LogP contribution in [-0.4, -0.2) is 58.6 Å². The Bertz CT molecular complexity index is 1360. The maximum atomic E-state index is 15.1. The maximum Gasteiger partial charge on any atom is 0.422 e. The number of hydrogen-bond donors (Lipinski definition) is 1. The summed E-state index contributed by atoms with van der Waals surface area (Å²) in [6, 6.07) is -0.512. The summed E-state index contributed by atoms with van der Waals surface area (Å²) >= 11 is 0. The van der Waals surface area contributed by atoms with E-state index >= 15 is 4.39 Å². The van der Waals surface area contributed by atoms with Crippen LogP contribution in [0.1, 0.15) is 88.6 Å². The fourth-order valence-electron chi connectivity index (χ4n) is 5.69. The molecule has 0 saturated heterocycles. The summed E-state index contributed by atoms with van der Waals surface area (Å²) in [5.74, 6) is -0.363. The van der Waals surface area contributed by atoms with Crippen LogP contribution in [0, 0.1) is 37.7 Å². The number of unbranched alkanes of at least 4 members (excludes halogenated alkanes) is 2. The molecule has 3 rings (SSSR count). The standard InChI is InChI=1S/C31H39F7N5O.U/c1-5-15-42(16-10-8-9-11-22(7-3)39-18-21(6-2)30(33,34)35)20(4)24-19-43(17-14-25(24)32)26-13-12-23-27(31(36,37)38)29(44)41-40-28(23)26;/h4,6-7,18,26H,5,8-17,19H2,1-3H3,(H,41,44);/q-1;/b21-6+,22-7-,39-18+;. The first-order valence-electron chi connectivity index (χ1n) is 14.8. The molecule has 6 nitrogen and oxygen atoms in total. The Morgan fingerprint density at radius 1 is 1.11 bits per heavy atom. The number of H-pyrrole nitrogens is 1. The zero-order chi connectivity index (χ0) is 32.7. The third-order valence-corrected chi connectivity index (χ3v) is 7.98. The molecular formula is C31H39F7N5OU-. The monoisotopic (exact) mass is 868 g/mol. The van der Waals surface area contributed by atoms with Crippen molar-refractivity contribution in [1.82, 2.24) is 20.0 Å². The first-order chi connectivity index (χ1) is 20.7. The van der Waals surface area contributed by atoms with Crippen LogP contribution in [-0.2, 0) is 12.6 Å². The average molecular weight is 869 g/mol. The van der Waals surface area contributed by atoms with Gasteiger partial charge in [0.25, 0.3) is 5.56 Å². The topological polar surface area (TPSA) is 64.6 Å². The molecule has 1 aromatic rings. The molecular weight excluding hydrogens is 829 g/mol. The van der Waals surface area contributed by atoms with Gasteiger partial charge in [-0.2, -0.15) is 31.4 Å². The van der Waals surface area contributed by atoms with E-state index in [2.05, 4.69) is 10.1 Å². The molecule has 45 heavy (non-hydrogen) atoms. The Balaban J connectivity index is 0.00000705. The largest absolute Gasteiger partial charge is 0.422 e. The summed E-state index contributed by atoms with van der Waals surface area (Å²) in [5.41, 5.74) is -2.12. The fourth-order valence-corrected chi connectivity index (χ4v) is 5.69. The number of nitrogens with one attached hydrogen (secondary N) is 1. The van der Waals surface area contributed by atoms with Crippen molar-refractivity contribution in [3.05, 3.63) is 74.3 Å². The number of hydrogen-bond acceptors (Lipinski definition) is 5. The van der Waals surface area contributed by atoms with Crippen LogP contribution in [0.2, 0.25) is 0 Å². The zero-order valence-corrected chi connectivity index (χ0v) is 29.9. The summed E-state index contributed by atoms with van der Waals surface area (Å²) < 4.78 is 94.7. The second-order valence-corrected chi connectivity index (χ2v) is 10.9. The molecule has 1 aliphatic carbocycles. The second kappa shape index (κ2) is 17.1. The number of nitrogens with zero attached hydrogens (tertiary/aromatic N) is 4. The molecule has 2 heterocycles. The number of fused-ring (bicyclic) bond motifs is 1. The first-order valence-corrected chi connectivity index (χ1v) is 14.8. The molecule has 1 atom stereocenters. The SMILES string of the molecule is [CH-]=C(C1=C(F)CCN(C2CCc3c2n[nH]c(=O)c3C(F)(F)F)C1)N(CCC)CCCCCC(=C/C)/N=C/C(=C\C)C(F)(F)F.[U]. The van der Waals surface area contributed by atoms with Crippen LogP contribution >= 0.6 is 0 Å². The van der Waals surface area contributed by atoms with Crippen molar-refractivity contribution in [1.29, 1.82) is 0 Å². The van der Waals surface area contributed by atoms with Crippen molar-refractivity contribution in [2.24, 2.45) is 4.99 Å². The fraction of sp³-hybridized carbons (Fsp3) is 0.581. The van der Waals surface area contributed by atoms with Crippen LogP contribution in [0.3, 0.4) is 0 Å². The Morgan fingerprint density at radius 3 is 2.42 bits per heavy atom. The summed E-state index contributed by atoms with van der Waals surface area (Å²) in [6.07, 6.45) is -1.99. The quantitative estimate of drug-likeness (QED) is 0.0954. The van der Waals surface area contributed by atoms with Gasteiger partial charge in [0.05, 0.1) is 17.3 Å². The van der Waals surface area contributed by atoms with Gasteiger partial charge in [0.1, 0.15) is 5.56 Å². The number of halogens is 7. The third kappa shape index (κ3) is 10.2. The van der Waals surface area contributed by atoms with Crippen molar-refractivity contribution >= 4 is 6.21 Å². The molecule has 1 unspecified atom stereocenters. The van der Waals surface area contributed by atoms with E-state index in [1.54, 1.807) is 13.0 Å². The van der Waals surface area contributed by atoms with Crippen molar-refractivity contribution in [3.8, 4) is 0 Å². The van der Waals surface area contributed by atoms with Gasteiger partial charge in [0.15, 0.2) is 0 Å². The van der Waals surface area contributed by atoms with Gasteiger partial charge in [-0.1, -0.05) is 25.5 Å². The Labute approximate surface area is 283 Å². The molecule has 0 radical (unpaired) electrons. The Kier molecular flexibility index (Phi) is 14.8. The molecule has 14 heteroatoms. The molecule has 0 saturated carbocycles. The van der Waals surface area contributed by atoms with E-state index < -0.39 is 35.1 Å². The number of aromatic nitrogens is 2. The molecule has 2 aliphatic rings. The van der Waals surface area contributed by atoms with Gasteiger partial charge in [0.2, 0.25) is 0 Å². The van der Waals surface area contributed by atoms with Gasteiger partial charge < -0.3 is 9.80 Å². The maximum absolute atomic E-state index is 15.1. The van der Waals surface area contributed by atoms with Gasteiger partial charge in [-0.25, -0.2) is 9.49 Å². The van der Waals surface area contributed by atoms with E-state index in [1.807, 2.05) is 21.8 Å². The van der Waals surface area contributed by atoms with E-state index in [9.17, 15) is 31.1 Å². The summed E-state index contributed by atoms with van der Waals surface area (Å²) in [7, 11) is 0. The molecule has 0 spiro atoms. The van der Waals surface area contributed by atoms with E-state index in [-0.39, 0.29) is 79.8 Å². The number of allylic oxidation sites excluding steroid dienone is 4. The second-order valence-electron chi connectivity index (χ2n) is 10.9. The molecule has 0 amide bonds. The summed E-state index contributed by atoms with van der Waals surface area (Å²) in [4.78, 5) is 19.7. The Hall–Kier alpha value is -2.17. The third-order valence-electron chi connectivity index (χ3n) is 7.98. The minimum atomic E-state index is -4.81. The average Bonchev–Trinajstić information content (AvgIpc) is 3.37. The number of aromatic amines is 1. The van der Waals surface area contributed by atoms with Crippen LogP contribution in [0.15, 0.2) is 50.3 Å². The normalized spacial score (nSPS) is 18.4. The summed E-state index contributed by atoms with van der Waals surface area (Å²) in [5, 5.41) is 5.93. The van der Waals surface area contributed by atoms with Gasteiger partial charge in [-0.15, -0.1) is 11.3 Å². The van der Waals surface area contributed by atoms with Gasteiger partial charge >= 0.3 is 12.4 Å². The molecule has 1 N–H and O–H groups in total. The minimum absolute atomic E-state index is 0. The smallest absolute Gasteiger partial charge is 0.405 e. The first kappa shape index (κ1) is 39.0. The van der Waals surface area contributed by atoms with Gasteiger partial charge in [0, 0.05) is 68.5 Å². The van der Waals surface area contributed by atoms with Gasteiger partial charge in [-0.3, -0.25) is 16.4 Å². The van der Waals surface area contributed by atoms with Crippen molar-refractivity contribution in [3.63, 3.8) is 0 Å². The van der Waals surface area contributed by atoms with Crippen molar-refractivity contribution < 1.29 is 61.8 Å². The molecule has 248 valence electrons. The van der Waals surface area contributed by atoms with E-state index in [0.717, 1.165) is 25.1 Å². The van der Waals surface area contributed by atoms with Gasteiger partial charge in [-0.05, 0) is 70.9 Å². The van der Waals surface area contributed by atoms with E-state index in [0.29, 0.717) is 50.0 Å². The number of alkyl halides is 6. The zero-order valence-electron chi connectivity index (χ0n) is 25.7. The molecule has 1 aliphatic heterocycles. The number of rotatable bonds is 13. The van der Waals surface area contributed by atoms with Crippen LogP contribution in [0.4, 0.5) is 30.7 Å². The van der Waals surface area contributed by atoms with Crippen molar-refractivity contribution in [2.45, 2.75) is 90.5 Å². The van der Waals surface area contributed by atoms with E-state index in [1.165, 1.54) is 6.92 Å². The Morgan fingerprint density at radius 2 is 1.82 bits per heavy atom. The molecule has 0 fully saturated rings. The minimum Gasteiger partial charge on any atom is -0.405 e. The van der Waals surface area contributed by atoms with E-state index in [4.69, 9.17) is 6.58 Å². The summed E-state index contributed by atoms with van der Waals surface area (Å²) in [6.45, 7) is 13.0. The molecule has 0 bridgehead atoms. The molecule has 1 aromatic heterocycles. The van der Waals surface area contributed by atoms with Crippen LogP contribution in [0.25, 0.3) is 0 Å². The predicted molar refractivity (Wildman–Crippen MR) is 155 cm³/mol. The van der Waals surface area contributed by atoms with Crippen molar-refractivity contribution in [2.75, 3.05) is 26.2 Å². The van der Waals surface area contributed by atoms with Crippen LogP contribution in [0.5, 0.6) is 0 Å². The molecule has 0 aromatic carbocycles.